The fourth-order valence-corrected chi connectivity index (χ4v) is 4.07. The summed E-state index contributed by atoms with van der Waals surface area (Å²) < 4.78 is -0.137. The lowest BCUT2D eigenvalue weighted by Crippen LogP contribution is -2.39. The molecule has 0 N–H and O–H groups in total. The largest absolute Gasteiger partial charge is 0.172 e. The molecule has 2 aromatic carbocycles. The third kappa shape index (κ3) is 4.30. The second-order valence-corrected chi connectivity index (χ2v) is 9.61. The summed E-state index contributed by atoms with van der Waals surface area (Å²) in [5, 5.41) is 0. The van der Waals surface area contributed by atoms with Gasteiger partial charge in [0.25, 0.3) is 0 Å². The van der Waals surface area contributed by atoms with Crippen molar-refractivity contribution in [3.05, 3.63) is 95.6 Å². The van der Waals surface area contributed by atoms with E-state index in [0.717, 1.165) is 24.8 Å². The molecule has 1 aliphatic carbocycles. The van der Waals surface area contributed by atoms with Gasteiger partial charge in [0.2, 0.25) is 0 Å². The van der Waals surface area contributed by atoms with Crippen LogP contribution in [0.15, 0.2) is 73.3 Å². The van der Waals surface area contributed by atoms with E-state index >= 15 is 0 Å². The lowest BCUT2D eigenvalue weighted by molar-refractivity contribution is 0.266. The molecule has 1 heteroatoms. The molecule has 1 atom stereocenters. The number of thiol groups is 1. The molecule has 0 amide bonds. The number of rotatable bonds is 7. The van der Waals surface area contributed by atoms with E-state index in [-0.39, 0.29) is 10.2 Å². The lowest BCUT2D eigenvalue weighted by Gasteiger charge is -2.41. The van der Waals surface area contributed by atoms with Crippen LogP contribution in [0.1, 0.15) is 49.4 Å². The van der Waals surface area contributed by atoms with Gasteiger partial charge in [-0.1, -0.05) is 93.3 Å². The van der Waals surface area contributed by atoms with Crippen molar-refractivity contribution in [1.82, 2.24) is 0 Å². The maximum absolute atomic E-state index is 5.08. The first kappa shape index (κ1) is 19.8. The van der Waals surface area contributed by atoms with Crippen LogP contribution in [0.4, 0.5) is 0 Å². The maximum Gasteiger partial charge on any atom is 0.0196 e. The molecule has 1 aliphatic rings. The molecule has 0 fully saturated rings. The zero-order valence-electron chi connectivity index (χ0n) is 16.8. The molecule has 140 valence electrons. The summed E-state index contributed by atoms with van der Waals surface area (Å²) in [5.41, 5.74) is 7.93. The van der Waals surface area contributed by atoms with Crippen molar-refractivity contribution in [3.8, 4) is 0 Å². The Labute approximate surface area is 170 Å². The van der Waals surface area contributed by atoms with E-state index in [2.05, 4.69) is 88.5 Å². The van der Waals surface area contributed by atoms with Gasteiger partial charge in [0.1, 0.15) is 0 Å². The van der Waals surface area contributed by atoms with Crippen LogP contribution in [0.25, 0.3) is 11.6 Å². The van der Waals surface area contributed by atoms with Gasteiger partial charge in [-0.25, -0.2) is 0 Å². The molecule has 0 bridgehead atoms. The maximum atomic E-state index is 5.08. The Morgan fingerprint density at radius 3 is 2.48 bits per heavy atom. The van der Waals surface area contributed by atoms with Crippen LogP contribution in [0.5, 0.6) is 0 Å². The van der Waals surface area contributed by atoms with E-state index in [1.807, 2.05) is 6.08 Å². The molecule has 0 spiro atoms. The van der Waals surface area contributed by atoms with Gasteiger partial charge in [0, 0.05) is 4.75 Å². The van der Waals surface area contributed by atoms with Gasteiger partial charge in [-0.15, -0.1) is 0 Å². The predicted molar refractivity (Wildman–Crippen MR) is 123 cm³/mol. The number of benzene rings is 2. The predicted octanol–water partition coefficient (Wildman–Crippen LogP) is 7.17. The summed E-state index contributed by atoms with van der Waals surface area (Å²) in [5.74, 6) is 0. The Morgan fingerprint density at radius 2 is 1.81 bits per heavy atom. The Hall–Kier alpha value is -1.99. The molecule has 0 nitrogen and oxygen atoms in total. The normalized spacial score (nSPS) is 15.6. The highest BCUT2D eigenvalue weighted by molar-refractivity contribution is 7.81. The van der Waals surface area contributed by atoms with E-state index in [1.165, 1.54) is 27.8 Å². The first-order valence-corrected chi connectivity index (χ1v) is 10.1. The first-order valence-electron chi connectivity index (χ1n) is 9.62. The SMILES string of the molecule is C=CC(=C)CC(C)(C)C(C)(S)Cc1ccc2c(c1)CC(c1ccccc1)=C2. The van der Waals surface area contributed by atoms with Crippen molar-refractivity contribution < 1.29 is 0 Å². The summed E-state index contributed by atoms with van der Waals surface area (Å²) in [6, 6.07) is 17.6. The zero-order valence-corrected chi connectivity index (χ0v) is 17.7. The first-order chi connectivity index (χ1) is 12.7. The van der Waals surface area contributed by atoms with Crippen LogP contribution >= 0.6 is 12.6 Å². The number of hydrogen-bond donors (Lipinski definition) is 1. The minimum absolute atomic E-state index is 0.0217. The van der Waals surface area contributed by atoms with Crippen LogP contribution in [0, 0.1) is 5.41 Å². The third-order valence-corrected chi connectivity index (χ3v) is 6.79. The molecule has 1 unspecified atom stereocenters. The Morgan fingerprint density at radius 1 is 1.11 bits per heavy atom. The average Bonchev–Trinajstić information content (AvgIpc) is 3.05. The van der Waals surface area contributed by atoms with Crippen LogP contribution in [0.2, 0.25) is 0 Å². The number of hydrogen-bond acceptors (Lipinski definition) is 1. The molecular weight excluding hydrogens is 344 g/mol. The van der Waals surface area contributed by atoms with Gasteiger partial charge in [-0.2, -0.15) is 12.6 Å². The average molecular weight is 375 g/mol. The Balaban J connectivity index is 1.77. The topological polar surface area (TPSA) is 0 Å². The summed E-state index contributed by atoms with van der Waals surface area (Å²) in [6.45, 7) is 14.7. The van der Waals surface area contributed by atoms with Crippen molar-refractivity contribution in [2.75, 3.05) is 0 Å². The van der Waals surface area contributed by atoms with E-state index in [0.29, 0.717) is 0 Å². The molecule has 0 radical (unpaired) electrons. The Bertz CT molecular complexity index is 882. The van der Waals surface area contributed by atoms with Crippen molar-refractivity contribution in [2.45, 2.75) is 44.8 Å². The highest BCUT2D eigenvalue weighted by atomic mass is 32.1. The summed E-state index contributed by atoms with van der Waals surface area (Å²) in [6.07, 6.45) is 7.03. The van der Waals surface area contributed by atoms with Gasteiger partial charge in [-0.05, 0) is 59.4 Å². The number of fused-ring (bicyclic) bond motifs is 1. The van der Waals surface area contributed by atoms with Crippen LogP contribution in [-0.4, -0.2) is 4.75 Å². The van der Waals surface area contributed by atoms with E-state index in [1.54, 1.807) is 0 Å². The monoisotopic (exact) mass is 374 g/mol. The van der Waals surface area contributed by atoms with Crippen LogP contribution in [0.3, 0.4) is 0 Å². The van der Waals surface area contributed by atoms with Gasteiger partial charge in [-0.3, -0.25) is 0 Å². The molecule has 0 aliphatic heterocycles. The molecule has 27 heavy (non-hydrogen) atoms. The van der Waals surface area contributed by atoms with Crippen molar-refractivity contribution in [2.24, 2.45) is 5.41 Å². The molecule has 0 heterocycles. The van der Waals surface area contributed by atoms with E-state index < -0.39 is 0 Å². The minimum Gasteiger partial charge on any atom is -0.172 e. The summed E-state index contributed by atoms with van der Waals surface area (Å²) >= 11 is 5.08. The standard InChI is InChI=1S/C26H30S/c1-6-19(2)17-25(3,4)26(5,27)18-20-12-13-22-15-24(16-23(22)14-20)21-10-8-7-9-11-21/h6-15,27H,1-2,16-18H2,3-5H3. The smallest absolute Gasteiger partial charge is 0.0196 e. The van der Waals surface area contributed by atoms with Gasteiger partial charge >= 0.3 is 0 Å². The fourth-order valence-electron chi connectivity index (χ4n) is 3.81. The third-order valence-electron chi connectivity index (χ3n) is 6.03. The van der Waals surface area contributed by atoms with E-state index in [4.69, 9.17) is 12.6 Å². The second-order valence-electron chi connectivity index (χ2n) is 8.62. The van der Waals surface area contributed by atoms with Crippen LogP contribution in [-0.2, 0) is 12.8 Å². The molecule has 0 aromatic heterocycles. The zero-order chi connectivity index (χ0) is 19.7. The van der Waals surface area contributed by atoms with Gasteiger partial charge in [0.15, 0.2) is 0 Å². The van der Waals surface area contributed by atoms with E-state index in [9.17, 15) is 0 Å². The molecule has 3 rings (SSSR count). The van der Waals surface area contributed by atoms with Crippen molar-refractivity contribution in [1.29, 1.82) is 0 Å². The van der Waals surface area contributed by atoms with Gasteiger partial charge in [0.05, 0.1) is 0 Å². The molecule has 2 aromatic rings. The molecular formula is C26H30S. The van der Waals surface area contributed by atoms with Crippen LogP contribution < -0.4 is 0 Å². The Kier molecular flexibility index (Phi) is 5.53. The highest BCUT2D eigenvalue weighted by Crippen LogP contribution is 2.44. The molecule has 0 saturated heterocycles. The second kappa shape index (κ2) is 7.56. The highest BCUT2D eigenvalue weighted by Gasteiger charge is 2.38. The quantitative estimate of drug-likeness (QED) is 0.385. The number of allylic oxidation sites excluding steroid dienone is 3. The minimum atomic E-state index is -0.137. The summed E-state index contributed by atoms with van der Waals surface area (Å²) in [7, 11) is 0. The van der Waals surface area contributed by atoms with Crippen molar-refractivity contribution >= 4 is 24.3 Å². The summed E-state index contributed by atoms with van der Waals surface area (Å²) in [4.78, 5) is 0. The van der Waals surface area contributed by atoms with Crippen molar-refractivity contribution in [3.63, 3.8) is 0 Å². The lowest BCUT2D eigenvalue weighted by atomic mass is 9.72. The van der Waals surface area contributed by atoms with Gasteiger partial charge < -0.3 is 0 Å². The fraction of sp³-hybridized carbons (Fsp3) is 0.308. The molecule has 0 saturated carbocycles.